The zero-order valence-electron chi connectivity index (χ0n) is 17.3. The van der Waals surface area contributed by atoms with E-state index in [-0.39, 0.29) is 35.1 Å². The summed E-state index contributed by atoms with van der Waals surface area (Å²) in [5.74, 6) is -0.224. The molecule has 0 bridgehead atoms. The summed E-state index contributed by atoms with van der Waals surface area (Å²) in [5, 5.41) is 3.21. The van der Waals surface area contributed by atoms with Gasteiger partial charge in [0.15, 0.2) is 0 Å². The van der Waals surface area contributed by atoms with E-state index >= 15 is 0 Å². The number of amides is 1. The first-order valence-corrected chi connectivity index (χ1v) is 11.9. The van der Waals surface area contributed by atoms with Gasteiger partial charge in [0.25, 0.3) is 0 Å². The molecule has 1 aromatic carbocycles. The molecule has 0 saturated carbocycles. The van der Waals surface area contributed by atoms with Gasteiger partial charge in [-0.3, -0.25) is 4.79 Å². The van der Waals surface area contributed by atoms with Gasteiger partial charge in [0, 0.05) is 31.3 Å². The molecule has 1 aliphatic heterocycles. The molecule has 1 aliphatic rings. The van der Waals surface area contributed by atoms with Gasteiger partial charge in [0.2, 0.25) is 15.9 Å². The lowest BCUT2D eigenvalue weighted by molar-refractivity contribution is -0.126. The maximum Gasteiger partial charge on any atom is 0.246 e. The molecule has 164 valence electrons. The van der Waals surface area contributed by atoms with Gasteiger partial charge in [-0.1, -0.05) is 11.6 Å². The lowest BCUT2D eigenvalue weighted by Crippen LogP contribution is -2.45. The second-order valence-corrected chi connectivity index (χ2v) is 9.63. The van der Waals surface area contributed by atoms with Crippen molar-refractivity contribution in [3.8, 4) is 5.75 Å². The Kier molecular flexibility index (Phi) is 9.20. The van der Waals surface area contributed by atoms with Crippen molar-refractivity contribution in [2.24, 2.45) is 5.92 Å². The fourth-order valence-corrected chi connectivity index (χ4v) is 5.14. The summed E-state index contributed by atoms with van der Waals surface area (Å²) >= 11 is 6.03. The quantitative estimate of drug-likeness (QED) is 0.558. The Bertz CT molecular complexity index is 785. The molecule has 9 heteroatoms. The lowest BCUT2D eigenvalue weighted by atomic mass is 9.99. The minimum atomic E-state index is -3.82. The summed E-state index contributed by atoms with van der Waals surface area (Å²) in [4.78, 5) is 12.5. The third-order valence-corrected chi connectivity index (χ3v) is 6.77. The van der Waals surface area contributed by atoms with Crippen molar-refractivity contribution in [3.63, 3.8) is 0 Å². The second-order valence-electron chi connectivity index (χ2n) is 7.29. The van der Waals surface area contributed by atoms with E-state index in [4.69, 9.17) is 21.1 Å². The topological polar surface area (TPSA) is 84.9 Å². The Labute approximate surface area is 178 Å². The Hall–Kier alpha value is -1.35. The third kappa shape index (κ3) is 6.84. The minimum absolute atomic E-state index is 0.0405. The molecule has 0 aromatic heterocycles. The van der Waals surface area contributed by atoms with Crippen molar-refractivity contribution in [1.82, 2.24) is 9.62 Å². The predicted molar refractivity (Wildman–Crippen MR) is 113 cm³/mol. The molecule has 1 unspecified atom stereocenters. The molecular formula is C20H31ClN2O5S. The van der Waals surface area contributed by atoms with Gasteiger partial charge in [-0.05, 0) is 58.2 Å². The normalized spacial score (nSPS) is 18.0. The van der Waals surface area contributed by atoms with Crippen molar-refractivity contribution >= 4 is 27.5 Å². The SMILES string of the molecule is CCOc1ccc(Cl)cc1S(=O)(=O)N1CCCC(C(=O)NCCCOC(C)C)C1. The highest BCUT2D eigenvalue weighted by atomic mass is 35.5. The highest BCUT2D eigenvalue weighted by Crippen LogP contribution is 2.32. The van der Waals surface area contributed by atoms with Crippen LogP contribution in [-0.2, 0) is 19.6 Å². The maximum absolute atomic E-state index is 13.2. The minimum Gasteiger partial charge on any atom is -0.492 e. The number of halogens is 1. The standard InChI is InChI=1S/C20H31ClN2O5S/c1-4-27-18-9-8-17(21)13-19(18)29(25,26)23-11-5-7-16(14-23)20(24)22-10-6-12-28-15(2)3/h8-9,13,15-16H,4-7,10-12,14H2,1-3H3,(H,22,24). The van der Waals surface area contributed by atoms with Crippen molar-refractivity contribution in [3.05, 3.63) is 23.2 Å². The Morgan fingerprint density at radius 3 is 2.83 bits per heavy atom. The van der Waals surface area contributed by atoms with Crippen LogP contribution in [0.25, 0.3) is 0 Å². The number of sulfonamides is 1. The summed E-state index contributed by atoms with van der Waals surface area (Å²) in [6.07, 6.45) is 2.17. The monoisotopic (exact) mass is 446 g/mol. The second kappa shape index (κ2) is 11.2. The van der Waals surface area contributed by atoms with Crippen molar-refractivity contribution in [2.45, 2.75) is 51.0 Å². The van der Waals surface area contributed by atoms with Crippen LogP contribution in [0.1, 0.15) is 40.0 Å². The van der Waals surface area contributed by atoms with E-state index in [0.717, 1.165) is 6.42 Å². The molecule has 1 heterocycles. The molecule has 1 fully saturated rings. The Morgan fingerprint density at radius 1 is 1.38 bits per heavy atom. The summed E-state index contributed by atoms with van der Waals surface area (Å²) in [6.45, 7) is 7.67. The molecule has 0 radical (unpaired) electrons. The molecule has 1 aromatic rings. The van der Waals surface area contributed by atoms with E-state index in [9.17, 15) is 13.2 Å². The smallest absolute Gasteiger partial charge is 0.246 e. The number of hydrogen-bond donors (Lipinski definition) is 1. The van der Waals surface area contributed by atoms with Crippen molar-refractivity contribution in [2.75, 3.05) is 32.8 Å². The van der Waals surface area contributed by atoms with Gasteiger partial charge in [0.1, 0.15) is 10.6 Å². The van der Waals surface area contributed by atoms with Gasteiger partial charge in [0.05, 0.1) is 18.6 Å². The van der Waals surface area contributed by atoms with Gasteiger partial charge in [-0.15, -0.1) is 0 Å². The number of nitrogens with one attached hydrogen (secondary N) is 1. The average molecular weight is 447 g/mol. The van der Waals surface area contributed by atoms with Crippen LogP contribution in [0.2, 0.25) is 5.02 Å². The van der Waals surface area contributed by atoms with Gasteiger partial charge >= 0.3 is 0 Å². The predicted octanol–water partition coefficient (Wildman–Crippen LogP) is 3.07. The van der Waals surface area contributed by atoms with E-state index in [0.29, 0.717) is 44.2 Å². The number of piperidine rings is 1. The lowest BCUT2D eigenvalue weighted by Gasteiger charge is -2.31. The molecule has 1 atom stereocenters. The molecule has 1 amide bonds. The van der Waals surface area contributed by atoms with Crippen LogP contribution in [0.5, 0.6) is 5.75 Å². The molecule has 1 saturated heterocycles. The highest BCUT2D eigenvalue weighted by molar-refractivity contribution is 7.89. The molecule has 7 nitrogen and oxygen atoms in total. The van der Waals surface area contributed by atoms with E-state index < -0.39 is 10.0 Å². The van der Waals surface area contributed by atoms with E-state index in [1.165, 1.54) is 10.4 Å². The van der Waals surface area contributed by atoms with E-state index in [2.05, 4.69) is 5.32 Å². The van der Waals surface area contributed by atoms with Crippen molar-refractivity contribution < 1.29 is 22.7 Å². The summed E-state index contributed by atoms with van der Waals surface area (Å²) < 4.78 is 38.7. The van der Waals surface area contributed by atoms with Crippen molar-refractivity contribution in [1.29, 1.82) is 0 Å². The zero-order valence-corrected chi connectivity index (χ0v) is 18.9. The average Bonchev–Trinajstić information content (AvgIpc) is 2.69. The number of rotatable bonds is 10. The maximum atomic E-state index is 13.2. The fraction of sp³-hybridized carbons (Fsp3) is 0.650. The van der Waals surface area contributed by atoms with Crippen LogP contribution in [0.4, 0.5) is 0 Å². The summed E-state index contributed by atoms with van der Waals surface area (Å²) in [5.41, 5.74) is 0. The van der Waals surface area contributed by atoms with Gasteiger partial charge < -0.3 is 14.8 Å². The van der Waals surface area contributed by atoms with Crippen LogP contribution >= 0.6 is 11.6 Å². The highest BCUT2D eigenvalue weighted by Gasteiger charge is 2.35. The summed E-state index contributed by atoms with van der Waals surface area (Å²) in [6, 6.07) is 4.56. The van der Waals surface area contributed by atoms with Crippen LogP contribution in [0.3, 0.4) is 0 Å². The molecule has 29 heavy (non-hydrogen) atoms. The fourth-order valence-electron chi connectivity index (χ4n) is 3.22. The first kappa shape index (κ1) is 23.9. The van der Waals surface area contributed by atoms with Gasteiger partial charge in [-0.25, -0.2) is 8.42 Å². The number of nitrogens with zero attached hydrogens (tertiary/aromatic N) is 1. The number of hydrogen-bond acceptors (Lipinski definition) is 5. The molecular weight excluding hydrogens is 416 g/mol. The molecule has 0 spiro atoms. The number of carbonyl (C=O) groups excluding carboxylic acids is 1. The molecule has 2 rings (SSSR count). The Morgan fingerprint density at radius 2 is 2.14 bits per heavy atom. The number of carbonyl (C=O) groups is 1. The number of ether oxygens (including phenoxy) is 2. The third-order valence-electron chi connectivity index (χ3n) is 4.65. The van der Waals surface area contributed by atoms with Crippen LogP contribution in [-0.4, -0.2) is 57.6 Å². The van der Waals surface area contributed by atoms with Crippen LogP contribution in [0, 0.1) is 5.92 Å². The zero-order chi connectivity index (χ0) is 21.4. The first-order valence-electron chi connectivity index (χ1n) is 10.1. The van der Waals surface area contributed by atoms with Crippen LogP contribution in [0.15, 0.2) is 23.1 Å². The van der Waals surface area contributed by atoms with Crippen LogP contribution < -0.4 is 10.1 Å². The number of benzene rings is 1. The van der Waals surface area contributed by atoms with E-state index in [1.54, 1.807) is 19.1 Å². The first-order chi connectivity index (χ1) is 13.8. The largest absolute Gasteiger partial charge is 0.492 e. The summed E-state index contributed by atoms with van der Waals surface area (Å²) in [7, 11) is -3.82. The Balaban J connectivity index is 2.02. The van der Waals surface area contributed by atoms with Gasteiger partial charge in [-0.2, -0.15) is 4.31 Å². The molecule has 0 aliphatic carbocycles. The molecule has 1 N–H and O–H groups in total. The van der Waals surface area contributed by atoms with E-state index in [1.807, 2.05) is 13.8 Å².